The summed E-state index contributed by atoms with van der Waals surface area (Å²) in [6.45, 7) is 2.81. The Balaban J connectivity index is 2.40. The van der Waals surface area contributed by atoms with E-state index in [4.69, 9.17) is 11.6 Å². The SMILES string of the molecule is CCCCCCCCNc1cc(C(F)(F)F)ccc1Cl. The highest BCUT2D eigenvalue weighted by Gasteiger charge is 2.30. The fourth-order valence-electron chi connectivity index (χ4n) is 1.97. The molecule has 5 heteroatoms. The summed E-state index contributed by atoms with van der Waals surface area (Å²) in [5, 5.41) is 3.31. The first-order valence-corrected chi connectivity index (χ1v) is 7.43. The van der Waals surface area contributed by atoms with Gasteiger partial charge in [-0.15, -0.1) is 0 Å². The molecule has 0 aromatic heterocycles. The van der Waals surface area contributed by atoms with Crippen molar-refractivity contribution in [3.05, 3.63) is 28.8 Å². The zero-order valence-electron chi connectivity index (χ0n) is 11.7. The monoisotopic (exact) mass is 307 g/mol. The van der Waals surface area contributed by atoms with Gasteiger partial charge in [0.05, 0.1) is 16.3 Å². The Morgan fingerprint density at radius 3 is 2.35 bits per heavy atom. The molecule has 0 amide bonds. The summed E-state index contributed by atoms with van der Waals surface area (Å²) in [6, 6.07) is 3.35. The molecule has 0 atom stereocenters. The van der Waals surface area contributed by atoms with Crippen LogP contribution in [-0.4, -0.2) is 6.54 Å². The van der Waals surface area contributed by atoms with Crippen molar-refractivity contribution in [3.8, 4) is 0 Å². The number of anilines is 1. The van der Waals surface area contributed by atoms with Gasteiger partial charge in [-0.05, 0) is 24.6 Å². The van der Waals surface area contributed by atoms with Gasteiger partial charge >= 0.3 is 6.18 Å². The van der Waals surface area contributed by atoms with Crippen molar-refractivity contribution in [1.29, 1.82) is 0 Å². The van der Waals surface area contributed by atoms with Gasteiger partial charge in [-0.25, -0.2) is 0 Å². The molecule has 0 fully saturated rings. The zero-order chi connectivity index (χ0) is 15.0. The number of hydrogen-bond acceptors (Lipinski definition) is 1. The molecule has 0 heterocycles. The molecular formula is C15H21ClF3N. The van der Waals surface area contributed by atoms with Crippen molar-refractivity contribution in [2.24, 2.45) is 0 Å². The second-order valence-electron chi connectivity index (χ2n) is 4.89. The van der Waals surface area contributed by atoms with Crippen LogP contribution < -0.4 is 5.32 Å². The van der Waals surface area contributed by atoms with E-state index in [1.807, 2.05) is 0 Å². The quantitative estimate of drug-likeness (QED) is 0.569. The van der Waals surface area contributed by atoms with Crippen LogP contribution in [0.1, 0.15) is 51.0 Å². The third-order valence-corrected chi connectivity index (χ3v) is 3.47. The van der Waals surface area contributed by atoms with Crippen molar-refractivity contribution < 1.29 is 13.2 Å². The predicted octanol–water partition coefficient (Wildman–Crippen LogP) is 6.13. The molecule has 0 saturated heterocycles. The summed E-state index contributed by atoms with van der Waals surface area (Å²) in [5.41, 5.74) is -0.317. The Bertz CT molecular complexity index is 405. The smallest absolute Gasteiger partial charge is 0.384 e. The van der Waals surface area contributed by atoms with Crippen molar-refractivity contribution in [2.75, 3.05) is 11.9 Å². The molecule has 1 aromatic carbocycles. The van der Waals surface area contributed by atoms with Gasteiger partial charge in [0.15, 0.2) is 0 Å². The van der Waals surface area contributed by atoms with Gasteiger partial charge in [-0.1, -0.05) is 50.6 Å². The summed E-state index contributed by atoms with van der Waals surface area (Å²) >= 11 is 5.90. The van der Waals surface area contributed by atoms with Crippen LogP contribution in [0.5, 0.6) is 0 Å². The van der Waals surface area contributed by atoms with E-state index in [2.05, 4.69) is 12.2 Å². The summed E-state index contributed by atoms with van der Waals surface area (Å²) in [6.07, 6.45) is 2.54. The van der Waals surface area contributed by atoms with Crippen LogP contribution in [0.15, 0.2) is 18.2 Å². The van der Waals surface area contributed by atoms with E-state index in [1.54, 1.807) is 0 Å². The predicted molar refractivity (Wildman–Crippen MR) is 78.3 cm³/mol. The lowest BCUT2D eigenvalue weighted by Gasteiger charge is -2.12. The highest BCUT2D eigenvalue weighted by Crippen LogP contribution is 2.33. The minimum Gasteiger partial charge on any atom is -0.384 e. The Hall–Kier alpha value is -0.900. The van der Waals surface area contributed by atoms with E-state index in [9.17, 15) is 13.2 Å². The van der Waals surface area contributed by atoms with Crippen molar-refractivity contribution >= 4 is 17.3 Å². The summed E-state index contributed by atoms with van der Waals surface area (Å²) in [4.78, 5) is 0. The van der Waals surface area contributed by atoms with Gasteiger partial charge in [0.1, 0.15) is 0 Å². The van der Waals surface area contributed by atoms with Crippen molar-refractivity contribution in [1.82, 2.24) is 0 Å². The molecule has 0 saturated carbocycles. The molecule has 0 aliphatic rings. The average molecular weight is 308 g/mol. The van der Waals surface area contributed by atoms with Crippen LogP contribution in [0.3, 0.4) is 0 Å². The minimum absolute atomic E-state index is 0.323. The number of unbranched alkanes of at least 4 members (excludes halogenated alkanes) is 5. The molecular weight excluding hydrogens is 287 g/mol. The fraction of sp³-hybridized carbons (Fsp3) is 0.600. The summed E-state index contributed by atoms with van der Waals surface area (Å²) in [5.74, 6) is 0. The molecule has 0 aliphatic heterocycles. The molecule has 0 bridgehead atoms. The normalized spacial score (nSPS) is 11.7. The fourth-order valence-corrected chi connectivity index (χ4v) is 2.15. The topological polar surface area (TPSA) is 12.0 Å². The molecule has 0 unspecified atom stereocenters. The standard InChI is InChI=1S/C15H21ClF3N/c1-2-3-4-5-6-7-10-20-14-11-12(15(17,18)19)8-9-13(14)16/h8-9,11,20H,2-7,10H2,1H3. The lowest BCUT2D eigenvalue weighted by Crippen LogP contribution is -2.07. The number of rotatable bonds is 8. The van der Waals surface area contributed by atoms with Crippen LogP contribution in [0.2, 0.25) is 5.02 Å². The van der Waals surface area contributed by atoms with Crippen LogP contribution in [0.25, 0.3) is 0 Å². The first kappa shape index (κ1) is 17.2. The van der Waals surface area contributed by atoms with Crippen LogP contribution in [0.4, 0.5) is 18.9 Å². The van der Waals surface area contributed by atoms with Crippen LogP contribution in [-0.2, 0) is 6.18 Å². The number of halogens is 4. The highest BCUT2D eigenvalue weighted by molar-refractivity contribution is 6.33. The first-order valence-electron chi connectivity index (χ1n) is 7.05. The second-order valence-corrected chi connectivity index (χ2v) is 5.29. The Kier molecular flexibility index (Phi) is 7.20. The number of benzene rings is 1. The van der Waals surface area contributed by atoms with Gasteiger partial charge < -0.3 is 5.32 Å². The van der Waals surface area contributed by atoms with Gasteiger partial charge in [-0.2, -0.15) is 13.2 Å². The second kappa shape index (κ2) is 8.40. The number of alkyl halides is 3. The Labute approximate surface area is 123 Å². The van der Waals surface area contributed by atoms with Gasteiger partial charge in [0.25, 0.3) is 0 Å². The number of hydrogen-bond donors (Lipinski definition) is 1. The third-order valence-electron chi connectivity index (χ3n) is 3.14. The van der Waals surface area contributed by atoms with Gasteiger partial charge in [-0.3, -0.25) is 0 Å². The summed E-state index contributed by atoms with van der Waals surface area (Å²) < 4.78 is 37.8. The lowest BCUT2D eigenvalue weighted by atomic mass is 10.1. The Morgan fingerprint density at radius 1 is 1.05 bits per heavy atom. The maximum absolute atomic E-state index is 12.6. The number of nitrogens with one attached hydrogen (secondary N) is 1. The Morgan fingerprint density at radius 2 is 1.70 bits per heavy atom. The third kappa shape index (κ3) is 6.04. The molecule has 0 aliphatic carbocycles. The van der Waals surface area contributed by atoms with E-state index < -0.39 is 11.7 Å². The molecule has 1 N–H and O–H groups in total. The molecule has 1 nitrogen and oxygen atoms in total. The molecule has 0 spiro atoms. The van der Waals surface area contributed by atoms with E-state index >= 15 is 0 Å². The van der Waals surface area contributed by atoms with Gasteiger partial charge in [0.2, 0.25) is 0 Å². The highest BCUT2D eigenvalue weighted by atomic mass is 35.5. The van der Waals surface area contributed by atoms with Crippen LogP contribution >= 0.6 is 11.6 Å². The maximum Gasteiger partial charge on any atom is 0.416 e. The van der Waals surface area contributed by atoms with Crippen molar-refractivity contribution in [2.45, 2.75) is 51.6 Å². The lowest BCUT2D eigenvalue weighted by molar-refractivity contribution is -0.137. The molecule has 20 heavy (non-hydrogen) atoms. The van der Waals surface area contributed by atoms with Crippen LogP contribution in [0, 0.1) is 0 Å². The van der Waals surface area contributed by atoms with E-state index in [1.165, 1.54) is 31.7 Å². The molecule has 0 radical (unpaired) electrons. The zero-order valence-corrected chi connectivity index (χ0v) is 12.4. The maximum atomic E-state index is 12.6. The average Bonchev–Trinajstić information content (AvgIpc) is 2.38. The van der Waals surface area contributed by atoms with E-state index in [-0.39, 0.29) is 0 Å². The van der Waals surface area contributed by atoms with E-state index in [0.29, 0.717) is 17.3 Å². The first-order chi connectivity index (χ1) is 9.45. The minimum atomic E-state index is -4.33. The molecule has 1 aromatic rings. The summed E-state index contributed by atoms with van der Waals surface area (Å²) in [7, 11) is 0. The largest absolute Gasteiger partial charge is 0.416 e. The molecule has 1 rings (SSSR count). The van der Waals surface area contributed by atoms with E-state index in [0.717, 1.165) is 25.0 Å². The van der Waals surface area contributed by atoms with Gasteiger partial charge in [0, 0.05) is 6.54 Å². The van der Waals surface area contributed by atoms with Crippen molar-refractivity contribution in [3.63, 3.8) is 0 Å². The molecule has 114 valence electrons.